The van der Waals surface area contributed by atoms with Gasteiger partial charge in [0.25, 0.3) is 5.91 Å². The molecule has 1 aromatic rings. The summed E-state index contributed by atoms with van der Waals surface area (Å²) in [5, 5.41) is 3.79. The smallest absolute Gasteiger partial charge is 0.253 e. The second-order valence-corrected chi connectivity index (χ2v) is 4.93. The van der Waals surface area contributed by atoms with Crippen LogP contribution in [0.2, 0.25) is 10.0 Å². The monoisotopic (exact) mass is 289 g/mol. The highest BCUT2D eigenvalue weighted by atomic mass is 35.5. The van der Waals surface area contributed by atoms with E-state index in [1.54, 1.807) is 18.2 Å². The number of nitrogens with one attached hydrogen (secondary N) is 2. The standard InChI is InChI=1S/C13H18Cl2N2O/c1-3-17(4-2)8-7-16-13(18)11-6-5-10(14)9-12(11)15/h5-6,9H,3-4,7-8H2,1-2H3,(H,16,18)/p+1. The van der Waals surface area contributed by atoms with Crippen LogP contribution in [0.25, 0.3) is 0 Å². The van der Waals surface area contributed by atoms with Crippen molar-refractivity contribution in [3.8, 4) is 0 Å². The SMILES string of the molecule is CC[NH+](CC)CCNC(=O)c1ccc(Cl)cc1Cl. The van der Waals surface area contributed by atoms with E-state index in [0.29, 0.717) is 22.2 Å². The van der Waals surface area contributed by atoms with E-state index in [9.17, 15) is 4.79 Å². The first kappa shape index (κ1) is 15.3. The fraction of sp³-hybridized carbons (Fsp3) is 0.462. The summed E-state index contributed by atoms with van der Waals surface area (Å²) in [7, 11) is 0. The lowest BCUT2D eigenvalue weighted by Crippen LogP contribution is -3.12. The highest BCUT2D eigenvalue weighted by Crippen LogP contribution is 2.20. The first-order chi connectivity index (χ1) is 8.58. The predicted octanol–water partition coefficient (Wildman–Crippen LogP) is 1.65. The highest BCUT2D eigenvalue weighted by Gasteiger charge is 2.11. The van der Waals surface area contributed by atoms with Crippen molar-refractivity contribution >= 4 is 29.1 Å². The summed E-state index contributed by atoms with van der Waals surface area (Å²) in [4.78, 5) is 13.3. The van der Waals surface area contributed by atoms with Crippen molar-refractivity contribution < 1.29 is 9.69 Å². The Kier molecular flexibility index (Phi) is 6.47. The minimum Gasteiger partial charge on any atom is -0.346 e. The van der Waals surface area contributed by atoms with Crippen molar-refractivity contribution in [1.29, 1.82) is 0 Å². The number of benzene rings is 1. The zero-order valence-electron chi connectivity index (χ0n) is 10.7. The number of carbonyl (C=O) groups excluding carboxylic acids is 1. The van der Waals surface area contributed by atoms with Crippen molar-refractivity contribution in [3.05, 3.63) is 33.8 Å². The van der Waals surface area contributed by atoms with Crippen molar-refractivity contribution in [2.24, 2.45) is 0 Å². The van der Waals surface area contributed by atoms with Gasteiger partial charge in [-0.15, -0.1) is 0 Å². The molecule has 0 aliphatic heterocycles. The number of quaternary nitrogens is 1. The molecule has 0 unspecified atom stereocenters. The summed E-state index contributed by atoms with van der Waals surface area (Å²) >= 11 is 11.8. The zero-order chi connectivity index (χ0) is 13.5. The van der Waals surface area contributed by atoms with Gasteiger partial charge in [-0.1, -0.05) is 23.2 Å². The molecule has 0 bridgehead atoms. The lowest BCUT2D eigenvalue weighted by Gasteiger charge is -2.15. The molecule has 1 aromatic carbocycles. The van der Waals surface area contributed by atoms with Crippen LogP contribution in [0, 0.1) is 0 Å². The van der Waals surface area contributed by atoms with E-state index < -0.39 is 0 Å². The van der Waals surface area contributed by atoms with Gasteiger partial charge in [0.15, 0.2) is 0 Å². The Morgan fingerprint density at radius 2 is 1.94 bits per heavy atom. The van der Waals surface area contributed by atoms with Crippen molar-refractivity contribution in [3.63, 3.8) is 0 Å². The maximum absolute atomic E-state index is 11.9. The van der Waals surface area contributed by atoms with E-state index in [2.05, 4.69) is 19.2 Å². The molecule has 0 fully saturated rings. The first-order valence-corrected chi connectivity index (χ1v) is 6.90. The maximum Gasteiger partial charge on any atom is 0.253 e. The first-order valence-electron chi connectivity index (χ1n) is 6.15. The van der Waals surface area contributed by atoms with E-state index in [1.807, 2.05) is 0 Å². The number of amides is 1. The van der Waals surface area contributed by atoms with Gasteiger partial charge in [0.05, 0.1) is 36.8 Å². The van der Waals surface area contributed by atoms with Crippen LogP contribution in [0.4, 0.5) is 0 Å². The van der Waals surface area contributed by atoms with Crippen molar-refractivity contribution in [1.82, 2.24) is 5.32 Å². The van der Waals surface area contributed by atoms with Gasteiger partial charge in [-0.2, -0.15) is 0 Å². The average Bonchev–Trinajstić information content (AvgIpc) is 2.34. The largest absolute Gasteiger partial charge is 0.346 e. The maximum atomic E-state index is 11.9. The van der Waals surface area contributed by atoms with Gasteiger partial charge in [0, 0.05) is 5.02 Å². The fourth-order valence-corrected chi connectivity index (χ4v) is 2.22. The predicted molar refractivity (Wildman–Crippen MR) is 75.7 cm³/mol. The molecule has 0 saturated heterocycles. The van der Waals surface area contributed by atoms with Gasteiger partial charge in [-0.25, -0.2) is 0 Å². The number of hydrogen-bond acceptors (Lipinski definition) is 1. The topological polar surface area (TPSA) is 33.5 Å². The Hall–Kier alpha value is -0.770. The van der Waals surface area contributed by atoms with Crippen LogP contribution in [-0.4, -0.2) is 32.1 Å². The Morgan fingerprint density at radius 1 is 1.28 bits per heavy atom. The summed E-state index contributed by atoms with van der Waals surface area (Å²) in [5.41, 5.74) is 0.468. The summed E-state index contributed by atoms with van der Waals surface area (Å²) in [6.45, 7) is 7.97. The number of carbonyl (C=O) groups is 1. The Balaban J connectivity index is 2.50. The van der Waals surface area contributed by atoms with Crippen LogP contribution in [0.3, 0.4) is 0 Å². The molecular weight excluding hydrogens is 271 g/mol. The molecule has 0 aliphatic rings. The average molecular weight is 290 g/mol. The Bertz CT molecular complexity index is 406. The molecule has 0 aromatic heterocycles. The molecule has 0 spiro atoms. The fourth-order valence-electron chi connectivity index (χ4n) is 1.73. The van der Waals surface area contributed by atoms with Crippen LogP contribution < -0.4 is 10.2 Å². The van der Waals surface area contributed by atoms with Crippen LogP contribution in [0.5, 0.6) is 0 Å². The molecule has 1 rings (SSSR count). The molecule has 1 amide bonds. The zero-order valence-corrected chi connectivity index (χ0v) is 12.2. The normalized spacial score (nSPS) is 10.7. The van der Waals surface area contributed by atoms with Crippen molar-refractivity contribution in [2.75, 3.05) is 26.2 Å². The van der Waals surface area contributed by atoms with E-state index in [0.717, 1.165) is 19.6 Å². The van der Waals surface area contributed by atoms with Crippen LogP contribution in [-0.2, 0) is 0 Å². The molecule has 100 valence electrons. The second kappa shape index (κ2) is 7.62. The summed E-state index contributed by atoms with van der Waals surface area (Å²) < 4.78 is 0. The quantitative estimate of drug-likeness (QED) is 0.820. The van der Waals surface area contributed by atoms with E-state index in [4.69, 9.17) is 23.2 Å². The van der Waals surface area contributed by atoms with E-state index in [-0.39, 0.29) is 5.91 Å². The molecular formula is C13H19Cl2N2O+. The van der Waals surface area contributed by atoms with Gasteiger partial charge in [-0.3, -0.25) is 4.79 Å². The minimum atomic E-state index is -0.150. The minimum absolute atomic E-state index is 0.150. The third kappa shape index (κ3) is 4.48. The number of hydrogen-bond donors (Lipinski definition) is 2. The molecule has 2 N–H and O–H groups in total. The lowest BCUT2D eigenvalue weighted by atomic mass is 10.2. The van der Waals surface area contributed by atoms with Gasteiger partial charge >= 0.3 is 0 Å². The van der Waals surface area contributed by atoms with Gasteiger partial charge in [0.2, 0.25) is 0 Å². The van der Waals surface area contributed by atoms with Gasteiger partial charge in [-0.05, 0) is 32.0 Å². The highest BCUT2D eigenvalue weighted by molar-refractivity contribution is 6.36. The molecule has 18 heavy (non-hydrogen) atoms. The molecule has 0 aliphatic carbocycles. The molecule has 0 saturated carbocycles. The second-order valence-electron chi connectivity index (χ2n) is 4.09. The van der Waals surface area contributed by atoms with Crippen molar-refractivity contribution in [2.45, 2.75) is 13.8 Å². The molecule has 0 atom stereocenters. The molecule has 0 radical (unpaired) electrons. The Labute approximate surface area is 118 Å². The molecule has 3 nitrogen and oxygen atoms in total. The Morgan fingerprint density at radius 3 is 2.50 bits per heavy atom. The van der Waals surface area contributed by atoms with Crippen LogP contribution >= 0.6 is 23.2 Å². The lowest BCUT2D eigenvalue weighted by molar-refractivity contribution is -0.895. The summed E-state index contributed by atoms with van der Waals surface area (Å²) in [5.74, 6) is -0.150. The van der Waals surface area contributed by atoms with Gasteiger partial charge in [0.1, 0.15) is 0 Å². The number of likely N-dealkylation sites (N-methyl/N-ethyl adjacent to an activating group) is 1. The number of rotatable bonds is 6. The van der Waals surface area contributed by atoms with Crippen LogP contribution in [0.15, 0.2) is 18.2 Å². The van der Waals surface area contributed by atoms with E-state index >= 15 is 0 Å². The van der Waals surface area contributed by atoms with E-state index in [1.165, 1.54) is 4.90 Å². The summed E-state index contributed by atoms with van der Waals surface area (Å²) in [6, 6.07) is 4.88. The number of halogens is 2. The third-order valence-electron chi connectivity index (χ3n) is 2.94. The van der Waals surface area contributed by atoms with Crippen LogP contribution in [0.1, 0.15) is 24.2 Å². The summed E-state index contributed by atoms with van der Waals surface area (Å²) in [6.07, 6.45) is 0. The third-order valence-corrected chi connectivity index (χ3v) is 3.49. The molecule has 0 heterocycles. The molecule has 5 heteroatoms. The van der Waals surface area contributed by atoms with Gasteiger partial charge < -0.3 is 10.2 Å².